The van der Waals surface area contributed by atoms with E-state index in [-0.39, 0.29) is 11.1 Å². The van der Waals surface area contributed by atoms with Gasteiger partial charge >= 0.3 is 0 Å². The van der Waals surface area contributed by atoms with Crippen LogP contribution in [0.1, 0.15) is 54.7 Å². The number of carbonyl (C=O) groups excluding carboxylic acids is 2. The predicted molar refractivity (Wildman–Crippen MR) is 142 cm³/mol. The van der Waals surface area contributed by atoms with E-state index in [0.29, 0.717) is 23.1 Å². The Morgan fingerprint density at radius 1 is 1.19 bits per heavy atom. The minimum Gasteiger partial charge on any atom is -0.456 e. The summed E-state index contributed by atoms with van der Waals surface area (Å²) in [6, 6.07) is 8.45. The number of amides is 2. The number of hydrogen-bond acceptors (Lipinski definition) is 5. The second-order valence-corrected chi connectivity index (χ2v) is 9.64. The molecule has 2 aromatic heterocycles. The van der Waals surface area contributed by atoms with Crippen LogP contribution in [0, 0.1) is 19.7 Å². The van der Waals surface area contributed by atoms with Crippen LogP contribution in [0.2, 0.25) is 0 Å². The topological polar surface area (TPSA) is 112 Å². The van der Waals surface area contributed by atoms with Gasteiger partial charge in [0.25, 0.3) is 5.91 Å². The quantitative estimate of drug-likeness (QED) is 0.329. The van der Waals surface area contributed by atoms with Crippen molar-refractivity contribution in [3.8, 4) is 11.5 Å². The number of hydrogen-bond donors (Lipinski definition) is 2. The number of pyridine rings is 1. The number of ether oxygens (including phenoxy) is 1. The van der Waals surface area contributed by atoms with Gasteiger partial charge in [-0.1, -0.05) is 19.1 Å². The van der Waals surface area contributed by atoms with Crippen molar-refractivity contribution in [3.05, 3.63) is 77.0 Å². The fourth-order valence-electron chi connectivity index (χ4n) is 3.77. The number of rotatable bonds is 6. The third-order valence-corrected chi connectivity index (χ3v) is 5.69. The lowest BCUT2D eigenvalue weighted by Crippen LogP contribution is -2.21. The Kier molecular flexibility index (Phi) is 8.27. The highest BCUT2D eigenvalue weighted by Crippen LogP contribution is 2.34. The van der Waals surface area contributed by atoms with Gasteiger partial charge in [0.2, 0.25) is 6.41 Å². The number of aromatic nitrogens is 3. The largest absolute Gasteiger partial charge is 0.456 e. The van der Waals surface area contributed by atoms with E-state index in [1.165, 1.54) is 17.7 Å². The Balaban J connectivity index is 0.000000266. The van der Waals surface area contributed by atoms with Crippen molar-refractivity contribution in [1.29, 1.82) is 0 Å². The smallest absolute Gasteiger partial charge is 0.251 e. The average molecular weight is 506 g/mol. The molecule has 0 spiro atoms. The molecule has 0 radical (unpaired) electrons. The van der Waals surface area contributed by atoms with Crippen LogP contribution in [-0.4, -0.2) is 27.1 Å². The number of primary amides is 1. The number of aryl methyl sites for hydroxylation is 3. The predicted octanol–water partition coefficient (Wildman–Crippen LogP) is 5.65. The maximum atomic E-state index is 14.0. The van der Waals surface area contributed by atoms with Crippen molar-refractivity contribution in [2.24, 2.45) is 5.73 Å². The summed E-state index contributed by atoms with van der Waals surface area (Å²) in [4.78, 5) is 25.7. The maximum Gasteiger partial charge on any atom is 0.251 e. The number of halogens is 1. The molecular weight excluding hydrogens is 473 g/mol. The molecule has 4 rings (SSSR count). The Bertz CT molecular complexity index is 1420. The van der Waals surface area contributed by atoms with Crippen LogP contribution < -0.4 is 15.8 Å². The molecule has 2 heterocycles. The summed E-state index contributed by atoms with van der Waals surface area (Å²) in [6.45, 7) is 12.2. The van der Waals surface area contributed by atoms with Crippen LogP contribution in [0.5, 0.6) is 11.5 Å². The molecule has 0 unspecified atom stereocenters. The van der Waals surface area contributed by atoms with Crippen molar-refractivity contribution in [1.82, 2.24) is 14.8 Å². The molecule has 2 aromatic carbocycles. The third-order valence-electron chi connectivity index (χ3n) is 5.69. The molecular formula is C28H32FN5O3. The highest BCUT2D eigenvalue weighted by atomic mass is 19.1. The van der Waals surface area contributed by atoms with E-state index in [9.17, 15) is 14.0 Å². The second-order valence-electron chi connectivity index (χ2n) is 9.64. The summed E-state index contributed by atoms with van der Waals surface area (Å²) in [7, 11) is 0. The van der Waals surface area contributed by atoms with Crippen molar-refractivity contribution in [3.63, 3.8) is 0 Å². The summed E-state index contributed by atoms with van der Waals surface area (Å²) in [6.07, 6.45) is 6.56. The number of nitrogens with one attached hydrogen (secondary N) is 1. The van der Waals surface area contributed by atoms with Crippen molar-refractivity contribution >= 4 is 28.9 Å². The summed E-state index contributed by atoms with van der Waals surface area (Å²) in [5.74, 6) is -0.268. The lowest BCUT2D eigenvalue weighted by Gasteiger charge is -2.18. The lowest BCUT2D eigenvalue weighted by molar-refractivity contribution is -0.105. The van der Waals surface area contributed by atoms with Gasteiger partial charge in [0, 0.05) is 23.8 Å². The van der Waals surface area contributed by atoms with E-state index in [4.69, 9.17) is 10.5 Å². The van der Waals surface area contributed by atoms with Crippen molar-refractivity contribution in [2.75, 3.05) is 5.32 Å². The summed E-state index contributed by atoms with van der Waals surface area (Å²) >= 11 is 0. The number of carbonyl (C=O) groups is 2. The molecule has 0 aliphatic rings. The van der Waals surface area contributed by atoms with Crippen LogP contribution in [0.3, 0.4) is 0 Å². The Morgan fingerprint density at radius 2 is 1.86 bits per heavy atom. The molecule has 37 heavy (non-hydrogen) atoms. The average Bonchev–Trinajstić information content (AvgIpc) is 3.30. The van der Waals surface area contributed by atoms with Gasteiger partial charge < -0.3 is 15.8 Å². The Morgan fingerprint density at radius 3 is 2.41 bits per heavy atom. The molecule has 2 amide bonds. The lowest BCUT2D eigenvalue weighted by atomic mass is 10.0. The van der Waals surface area contributed by atoms with Gasteiger partial charge in [-0.15, -0.1) is 0 Å². The second kappa shape index (κ2) is 11.2. The summed E-state index contributed by atoms with van der Waals surface area (Å²) in [5, 5.41) is 7.18. The van der Waals surface area contributed by atoms with Gasteiger partial charge in [-0.25, -0.2) is 4.39 Å². The number of nitrogens with two attached hydrogens (primary N) is 1. The molecule has 4 aromatic rings. The van der Waals surface area contributed by atoms with Gasteiger partial charge in [-0.05, 0) is 69.9 Å². The summed E-state index contributed by atoms with van der Waals surface area (Å²) < 4.78 is 21.9. The van der Waals surface area contributed by atoms with Crippen molar-refractivity contribution < 1.29 is 18.7 Å². The minimum absolute atomic E-state index is 0.0389. The Labute approximate surface area is 215 Å². The van der Waals surface area contributed by atoms with E-state index in [1.54, 1.807) is 29.3 Å². The number of nitrogens with zero attached hydrogens (tertiary/aromatic N) is 3. The van der Waals surface area contributed by atoms with Crippen LogP contribution >= 0.6 is 0 Å². The van der Waals surface area contributed by atoms with Crippen LogP contribution in [0.25, 0.3) is 10.9 Å². The molecule has 0 bridgehead atoms. The first-order valence-corrected chi connectivity index (χ1v) is 11.9. The molecule has 0 fully saturated rings. The van der Waals surface area contributed by atoms with Gasteiger partial charge in [-0.3, -0.25) is 19.3 Å². The van der Waals surface area contributed by atoms with Gasteiger partial charge in [-0.2, -0.15) is 5.10 Å². The summed E-state index contributed by atoms with van der Waals surface area (Å²) in [5.41, 5.74) is 9.42. The van der Waals surface area contributed by atoms with E-state index in [2.05, 4.69) is 34.5 Å². The SMILES string of the molecule is CC(C)(C)n1cc(NC=O)cn1.CCc1cc(C)c(Oc2ccnc3cc(F)c(C(N)=O)cc23)c(C)c1. The number of benzene rings is 2. The standard InChI is InChI=1S/C20H19FN2O2.C8H13N3O/c1-4-13-7-11(2)19(12(3)8-13)25-18-5-6-23-17-10-16(21)14(20(22)24)9-15(17)18;1-8(2,3)11-5-7(4-10-11)9-6-12/h5-10H,4H2,1-3H3,(H2,22,24);4-6H,1-3H3,(H,9,12). The third kappa shape index (κ3) is 6.49. The number of fused-ring (bicyclic) bond motifs is 1. The van der Waals surface area contributed by atoms with Crippen LogP contribution in [0.4, 0.5) is 10.1 Å². The number of anilines is 1. The van der Waals surface area contributed by atoms with Gasteiger partial charge in [0.15, 0.2) is 0 Å². The fraction of sp³-hybridized carbons (Fsp3) is 0.286. The normalized spacial score (nSPS) is 11.0. The first-order chi connectivity index (χ1) is 17.4. The molecule has 0 saturated carbocycles. The van der Waals surface area contributed by atoms with Crippen LogP contribution in [0.15, 0.2) is 48.9 Å². The molecule has 9 heteroatoms. The fourth-order valence-corrected chi connectivity index (χ4v) is 3.77. The van der Waals surface area contributed by atoms with Crippen LogP contribution in [-0.2, 0) is 16.8 Å². The minimum atomic E-state index is -0.825. The zero-order chi connectivity index (χ0) is 27.3. The molecule has 194 valence electrons. The van der Waals surface area contributed by atoms with E-state index in [1.807, 2.05) is 34.6 Å². The molecule has 3 N–H and O–H groups in total. The Hall–Kier alpha value is -4.27. The molecule has 0 aliphatic carbocycles. The molecule has 0 saturated heterocycles. The highest BCUT2D eigenvalue weighted by Gasteiger charge is 2.15. The first-order valence-electron chi connectivity index (χ1n) is 11.9. The van der Waals surface area contributed by atoms with E-state index < -0.39 is 11.7 Å². The molecule has 0 aliphatic heterocycles. The zero-order valence-corrected chi connectivity index (χ0v) is 21.9. The van der Waals surface area contributed by atoms with E-state index in [0.717, 1.165) is 29.0 Å². The monoisotopic (exact) mass is 505 g/mol. The molecule has 8 nitrogen and oxygen atoms in total. The highest BCUT2D eigenvalue weighted by molar-refractivity contribution is 5.98. The van der Waals surface area contributed by atoms with E-state index >= 15 is 0 Å². The maximum absolute atomic E-state index is 14.0. The van der Waals surface area contributed by atoms with Gasteiger partial charge in [0.05, 0.1) is 28.5 Å². The van der Waals surface area contributed by atoms with Crippen molar-refractivity contribution in [2.45, 2.75) is 53.5 Å². The molecule has 0 atom stereocenters. The first kappa shape index (κ1) is 27.3. The van der Waals surface area contributed by atoms with Gasteiger partial charge in [0.1, 0.15) is 17.3 Å². The zero-order valence-electron chi connectivity index (χ0n) is 21.9.